The van der Waals surface area contributed by atoms with Gasteiger partial charge in [-0.2, -0.15) is 0 Å². The van der Waals surface area contributed by atoms with E-state index in [2.05, 4.69) is 5.32 Å². The Hall–Kier alpha value is -2.02. The molecule has 1 aliphatic rings. The zero-order chi connectivity index (χ0) is 15.1. The lowest BCUT2D eigenvalue weighted by molar-refractivity contribution is -0.131. The van der Waals surface area contributed by atoms with Crippen molar-refractivity contribution in [3.8, 4) is 0 Å². The molecular formula is C14H21N3O4. The van der Waals surface area contributed by atoms with E-state index in [1.165, 1.54) is 0 Å². The number of nitrogens with one attached hydrogen (secondary N) is 1. The molecule has 1 N–H and O–H groups in total. The number of carbonyl (C=O) groups is 2. The summed E-state index contributed by atoms with van der Waals surface area (Å²) < 4.78 is 10.1. The van der Waals surface area contributed by atoms with Crippen LogP contribution in [0.15, 0.2) is 22.8 Å². The summed E-state index contributed by atoms with van der Waals surface area (Å²) in [5.41, 5.74) is 0. The van der Waals surface area contributed by atoms with Gasteiger partial charge in [0, 0.05) is 26.2 Å². The summed E-state index contributed by atoms with van der Waals surface area (Å²) in [5, 5.41) is 3.05. The normalized spacial score (nSPS) is 15.1. The Balaban J connectivity index is 1.67. The summed E-state index contributed by atoms with van der Waals surface area (Å²) in [4.78, 5) is 27.0. The van der Waals surface area contributed by atoms with E-state index in [-0.39, 0.29) is 18.5 Å². The predicted molar refractivity (Wildman–Crippen MR) is 75.6 cm³/mol. The van der Waals surface area contributed by atoms with Gasteiger partial charge in [0.15, 0.2) is 0 Å². The maximum Gasteiger partial charge on any atom is 0.409 e. The molecule has 2 rings (SSSR count). The Morgan fingerprint density at radius 2 is 2.00 bits per heavy atom. The van der Waals surface area contributed by atoms with E-state index in [9.17, 15) is 9.59 Å². The number of hydrogen-bond acceptors (Lipinski definition) is 5. The number of furan rings is 1. The lowest BCUT2D eigenvalue weighted by atomic mass is 10.3. The van der Waals surface area contributed by atoms with Gasteiger partial charge in [-0.1, -0.05) is 0 Å². The van der Waals surface area contributed by atoms with Crippen LogP contribution in [0.3, 0.4) is 0 Å². The van der Waals surface area contributed by atoms with E-state index in [1.807, 2.05) is 12.1 Å². The van der Waals surface area contributed by atoms with Gasteiger partial charge in [-0.05, 0) is 19.1 Å². The largest absolute Gasteiger partial charge is 0.468 e. The highest BCUT2D eigenvalue weighted by Gasteiger charge is 2.24. The molecule has 0 bridgehead atoms. The number of amides is 2. The summed E-state index contributed by atoms with van der Waals surface area (Å²) in [6.45, 7) is 5.06. The molecule has 1 saturated heterocycles. The molecule has 2 amide bonds. The van der Waals surface area contributed by atoms with Crippen molar-refractivity contribution in [2.75, 3.05) is 39.3 Å². The lowest BCUT2D eigenvalue weighted by Gasteiger charge is -2.34. The molecule has 1 aliphatic heterocycles. The Bertz CT molecular complexity index is 453. The van der Waals surface area contributed by atoms with Crippen molar-refractivity contribution in [2.45, 2.75) is 13.5 Å². The number of carbonyl (C=O) groups excluding carboxylic acids is 2. The number of piperazine rings is 1. The first kappa shape index (κ1) is 15.4. The second-order valence-electron chi connectivity index (χ2n) is 4.75. The molecule has 2 heterocycles. The monoisotopic (exact) mass is 295 g/mol. The summed E-state index contributed by atoms with van der Waals surface area (Å²) in [6, 6.07) is 3.67. The maximum absolute atomic E-state index is 12.0. The maximum atomic E-state index is 12.0. The zero-order valence-electron chi connectivity index (χ0n) is 12.2. The molecular weight excluding hydrogens is 274 g/mol. The van der Waals surface area contributed by atoms with Crippen molar-refractivity contribution in [2.24, 2.45) is 0 Å². The van der Waals surface area contributed by atoms with Crippen LogP contribution in [0.25, 0.3) is 0 Å². The fourth-order valence-electron chi connectivity index (χ4n) is 2.17. The lowest BCUT2D eigenvalue weighted by Crippen LogP contribution is -2.52. The summed E-state index contributed by atoms with van der Waals surface area (Å²) in [7, 11) is 0. The third kappa shape index (κ3) is 4.49. The zero-order valence-corrected chi connectivity index (χ0v) is 12.2. The van der Waals surface area contributed by atoms with E-state index < -0.39 is 0 Å². The number of rotatable bonds is 5. The van der Waals surface area contributed by atoms with E-state index in [1.54, 1.807) is 23.0 Å². The Labute approximate surface area is 123 Å². The van der Waals surface area contributed by atoms with Crippen LogP contribution in [0.1, 0.15) is 12.7 Å². The molecule has 0 spiro atoms. The second kappa shape index (κ2) is 7.68. The van der Waals surface area contributed by atoms with Crippen molar-refractivity contribution in [1.82, 2.24) is 15.1 Å². The van der Waals surface area contributed by atoms with Crippen molar-refractivity contribution in [3.05, 3.63) is 24.2 Å². The van der Waals surface area contributed by atoms with E-state index in [0.717, 1.165) is 5.76 Å². The standard InChI is InChI=1S/C14H21N3O4/c1-2-20-14(19)17-7-5-16(6-8-17)13(18)11-15-10-12-4-3-9-21-12/h3-4,9,15H,2,5-8,10-11H2,1H3. The first-order valence-electron chi connectivity index (χ1n) is 7.13. The summed E-state index contributed by atoms with van der Waals surface area (Å²) in [6.07, 6.45) is 1.30. The van der Waals surface area contributed by atoms with Crippen molar-refractivity contribution in [3.63, 3.8) is 0 Å². The van der Waals surface area contributed by atoms with Gasteiger partial charge in [-0.15, -0.1) is 0 Å². The fourth-order valence-corrected chi connectivity index (χ4v) is 2.17. The number of nitrogens with zero attached hydrogens (tertiary/aromatic N) is 2. The highest BCUT2D eigenvalue weighted by molar-refractivity contribution is 5.78. The van der Waals surface area contributed by atoms with Crippen molar-refractivity contribution in [1.29, 1.82) is 0 Å². The van der Waals surface area contributed by atoms with Gasteiger partial charge in [0.25, 0.3) is 0 Å². The Morgan fingerprint density at radius 3 is 2.62 bits per heavy atom. The molecule has 21 heavy (non-hydrogen) atoms. The number of hydrogen-bond donors (Lipinski definition) is 1. The Kier molecular flexibility index (Phi) is 5.62. The Morgan fingerprint density at radius 1 is 1.29 bits per heavy atom. The number of ether oxygens (including phenoxy) is 1. The van der Waals surface area contributed by atoms with Gasteiger partial charge in [-0.25, -0.2) is 4.79 Å². The quantitative estimate of drug-likeness (QED) is 0.864. The minimum Gasteiger partial charge on any atom is -0.468 e. The SMILES string of the molecule is CCOC(=O)N1CCN(C(=O)CNCc2ccco2)CC1. The first-order chi connectivity index (χ1) is 10.2. The summed E-state index contributed by atoms with van der Waals surface area (Å²) >= 11 is 0. The molecule has 7 heteroatoms. The van der Waals surface area contributed by atoms with Crippen LogP contribution in [0.5, 0.6) is 0 Å². The molecule has 7 nitrogen and oxygen atoms in total. The smallest absolute Gasteiger partial charge is 0.409 e. The second-order valence-corrected chi connectivity index (χ2v) is 4.75. The fraction of sp³-hybridized carbons (Fsp3) is 0.571. The van der Waals surface area contributed by atoms with Crippen LogP contribution >= 0.6 is 0 Å². The van der Waals surface area contributed by atoms with Gasteiger partial charge in [-0.3, -0.25) is 4.79 Å². The molecule has 0 aromatic carbocycles. The van der Waals surface area contributed by atoms with Gasteiger partial charge >= 0.3 is 6.09 Å². The first-order valence-corrected chi connectivity index (χ1v) is 7.13. The molecule has 116 valence electrons. The average Bonchev–Trinajstić information content (AvgIpc) is 3.01. The minimum atomic E-state index is -0.305. The van der Waals surface area contributed by atoms with E-state index >= 15 is 0 Å². The van der Waals surface area contributed by atoms with Crippen LogP contribution in [0, 0.1) is 0 Å². The van der Waals surface area contributed by atoms with Gasteiger partial charge in [0.2, 0.25) is 5.91 Å². The van der Waals surface area contributed by atoms with Gasteiger partial charge < -0.3 is 24.3 Å². The van der Waals surface area contributed by atoms with Gasteiger partial charge in [0.05, 0.1) is 26.0 Å². The molecule has 0 radical (unpaired) electrons. The molecule has 1 aromatic rings. The van der Waals surface area contributed by atoms with Crippen LogP contribution in [-0.4, -0.2) is 61.1 Å². The van der Waals surface area contributed by atoms with Gasteiger partial charge in [0.1, 0.15) is 5.76 Å². The molecule has 0 aliphatic carbocycles. The highest BCUT2D eigenvalue weighted by atomic mass is 16.6. The molecule has 1 aromatic heterocycles. The average molecular weight is 295 g/mol. The topological polar surface area (TPSA) is 75.0 Å². The van der Waals surface area contributed by atoms with Crippen molar-refractivity contribution < 1.29 is 18.7 Å². The molecule has 0 unspecified atom stereocenters. The van der Waals surface area contributed by atoms with Crippen LogP contribution in [0.4, 0.5) is 4.79 Å². The van der Waals surface area contributed by atoms with E-state index in [4.69, 9.17) is 9.15 Å². The molecule has 1 fully saturated rings. The predicted octanol–water partition coefficient (Wildman–Crippen LogP) is 0.670. The summed E-state index contributed by atoms with van der Waals surface area (Å²) in [5.74, 6) is 0.833. The third-order valence-corrected chi connectivity index (χ3v) is 3.31. The molecule has 0 atom stereocenters. The van der Waals surface area contributed by atoms with Crippen LogP contribution < -0.4 is 5.32 Å². The third-order valence-electron chi connectivity index (χ3n) is 3.31. The van der Waals surface area contributed by atoms with Crippen LogP contribution in [-0.2, 0) is 16.1 Å². The van der Waals surface area contributed by atoms with Crippen LogP contribution in [0.2, 0.25) is 0 Å². The highest BCUT2D eigenvalue weighted by Crippen LogP contribution is 2.04. The van der Waals surface area contributed by atoms with E-state index in [0.29, 0.717) is 39.3 Å². The minimum absolute atomic E-state index is 0.0325. The molecule has 0 saturated carbocycles. The van der Waals surface area contributed by atoms with Crippen molar-refractivity contribution >= 4 is 12.0 Å².